The van der Waals surface area contributed by atoms with Crippen LogP contribution < -0.4 is 0 Å². The third kappa shape index (κ3) is 2.62. The maximum absolute atomic E-state index is 10.6. The minimum Gasteiger partial charge on any atom is -0.466 e. The highest BCUT2D eigenvalue weighted by molar-refractivity contribution is 5.09. The molecule has 3 nitrogen and oxygen atoms in total. The van der Waals surface area contributed by atoms with Crippen LogP contribution >= 0.6 is 0 Å². The Hall–Kier alpha value is -0.800. The molecule has 1 atom stereocenters. The zero-order valence-electron chi connectivity index (χ0n) is 11.6. The molecule has 0 radical (unpaired) electrons. The van der Waals surface area contributed by atoms with Gasteiger partial charge in [0.25, 0.3) is 0 Å². The first kappa shape index (κ1) is 13.6. The number of furan rings is 1. The van der Waals surface area contributed by atoms with Crippen LogP contribution in [0.25, 0.3) is 0 Å². The van der Waals surface area contributed by atoms with Crippen LogP contribution in [0.3, 0.4) is 0 Å². The Morgan fingerprint density at radius 2 is 2.00 bits per heavy atom. The Bertz CT molecular complexity index is 357. The number of hydrogen-bond donors (Lipinski definition) is 1. The average molecular weight is 252 g/mol. The van der Waals surface area contributed by atoms with E-state index in [1.807, 2.05) is 19.1 Å². The summed E-state index contributed by atoms with van der Waals surface area (Å²) in [4.78, 5) is 0. The normalized spacial score (nSPS) is 23.8. The van der Waals surface area contributed by atoms with Crippen molar-refractivity contribution in [2.75, 3.05) is 6.61 Å². The largest absolute Gasteiger partial charge is 0.466 e. The first-order chi connectivity index (χ1) is 8.49. The van der Waals surface area contributed by atoms with Crippen LogP contribution in [-0.4, -0.2) is 17.3 Å². The molecule has 1 aromatic rings. The van der Waals surface area contributed by atoms with E-state index in [9.17, 15) is 5.11 Å². The predicted octanol–water partition coefficient (Wildman–Crippen LogP) is 3.69. The number of hydrogen-bond acceptors (Lipinski definition) is 3. The zero-order valence-corrected chi connectivity index (χ0v) is 11.6. The molecule has 3 heteroatoms. The minimum atomic E-state index is -0.663. The second kappa shape index (κ2) is 5.06. The van der Waals surface area contributed by atoms with Crippen LogP contribution in [0, 0.1) is 5.41 Å². The van der Waals surface area contributed by atoms with E-state index < -0.39 is 11.7 Å². The highest BCUT2D eigenvalue weighted by Crippen LogP contribution is 2.47. The molecule has 1 saturated carbocycles. The van der Waals surface area contributed by atoms with Gasteiger partial charge in [0.2, 0.25) is 0 Å². The molecular formula is C15H24O3. The maximum atomic E-state index is 10.6. The van der Waals surface area contributed by atoms with Gasteiger partial charge >= 0.3 is 0 Å². The Morgan fingerprint density at radius 3 is 2.50 bits per heavy atom. The van der Waals surface area contributed by atoms with Crippen LogP contribution in [0.15, 0.2) is 22.8 Å². The zero-order chi connectivity index (χ0) is 13.2. The first-order valence-corrected chi connectivity index (χ1v) is 6.84. The van der Waals surface area contributed by atoms with E-state index in [4.69, 9.17) is 9.15 Å². The van der Waals surface area contributed by atoms with Gasteiger partial charge < -0.3 is 14.3 Å². The summed E-state index contributed by atoms with van der Waals surface area (Å²) in [5.74, 6) is 0.614. The minimum absolute atomic E-state index is 0.351. The predicted molar refractivity (Wildman–Crippen MR) is 70.3 cm³/mol. The van der Waals surface area contributed by atoms with Crippen molar-refractivity contribution in [2.24, 2.45) is 5.41 Å². The Kier molecular flexibility index (Phi) is 3.83. The third-order valence-electron chi connectivity index (χ3n) is 4.19. The van der Waals surface area contributed by atoms with Gasteiger partial charge in [-0.2, -0.15) is 0 Å². The van der Waals surface area contributed by atoms with Crippen molar-refractivity contribution in [1.82, 2.24) is 0 Å². The fourth-order valence-electron chi connectivity index (χ4n) is 2.84. The van der Waals surface area contributed by atoms with E-state index in [-0.39, 0.29) is 0 Å². The van der Waals surface area contributed by atoms with E-state index in [2.05, 4.69) is 13.8 Å². The molecule has 1 N–H and O–H groups in total. The quantitative estimate of drug-likeness (QED) is 0.888. The highest BCUT2D eigenvalue weighted by Gasteiger charge is 2.45. The SMILES string of the molecule is CCOC1(C(O)c2ccco2)CCC(C)(C)CC1. The van der Waals surface area contributed by atoms with Crippen molar-refractivity contribution in [2.45, 2.75) is 58.2 Å². The fourth-order valence-corrected chi connectivity index (χ4v) is 2.84. The molecule has 1 aromatic heterocycles. The Balaban J connectivity index is 2.17. The van der Waals surface area contributed by atoms with Crippen LogP contribution in [0.5, 0.6) is 0 Å². The molecule has 0 aliphatic heterocycles. The molecule has 1 heterocycles. The number of ether oxygens (including phenoxy) is 1. The molecule has 2 rings (SSSR count). The van der Waals surface area contributed by atoms with Gasteiger partial charge in [0.1, 0.15) is 17.5 Å². The van der Waals surface area contributed by atoms with Crippen molar-refractivity contribution in [3.63, 3.8) is 0 Å². The molecule has 1 fully saturated rings. The van der Waals surface area contributed by atoms with Gasteiger partial charge in [-0.1, -0.05) is 13.8 Å². The van der Waals surface area contributed by atoms with Crippen LogP contribution in [-0.2, 0) is 4.74 Å². The molecule has 18 heavy (non-hydrogen) atoms. The molecule has 0 spiro atoms. The molecule has 1 unspecified atom stereocenters. The second-order valence-corrected chi connectivity index (χ2v) is 6.08. The molecular weight excluding hydrogens is 228 g/mol. The summed E-state index contributed by atoms with van der Waals surface area (Å²) in [5.41, 5.74) is -0.119. The van der Waals surface area contributed by atoms with Crippen molar-refractivity contribution in [3.8, 4) is 0 Å². The van der Waals surface area contributed by atoms with E-state index in [0.717, 1.165) is 25.7 Å². The molecule has 1 aliphatic rings. The smallest absolute Gasteiger partial charge is 0.140 e. The summed E-state index contributed by atoms with van der Waals surface area (Å²) < 4.78 is 11.3. The van der Waals surface area contributed by atoms with Crippen molar-refractivity contribution < 1.29 is 14.3 Å². The van der Waals surface area contributed by atoms with Gasteiger partial charge in [0.05, 0.1) is 6.26 Å². The maximum Gasteiger partial charge on any atom is 0.140 e. The van der Waals surface area contributed by atoms with Gasteiger partial charge in [-0.3, -0.25) is 0 Å². The highest BCUT2D eigenvalue weighted by atomic mass is 16.5. The lowest BCUT2D eigenvalue weighted by molar-refractivity contribution is -0.158. The molecule has 0 amide bonds. The second-order valence-electron chi connectivity index (χ2n) is 6.08. The van der Waals surface area contributed by atoms with Gasteiger partial charge in [0, 0.05) is 6.61 Å². The van der Waals surface area contributed by atoms with Crippen molar-refractivity contribution >= 4 is 0 Å². The van der Waals surface area contributed by atoms with Crippen molar-refractivity contribution in [1.29, 1.82) is 0 Å². The Morgan fingerprint density at radius 1 is 1.33 bits per heavy atom. The van der Waals surface area contributed by atoms with Crippen LogP contribution in [0.1, 0.15) is 58.3 Å². The van der Waals surface area contributed by atoms with Gasteiger partial charge in [-0.15, -0.1) is 0 Å². The summed E-state index contributed by atoms with van der Waals surface area (Å²) in [6, 6.07) is 3.64. The summed E-state index contributed by atoms with van der Waals surface area (Å²) in [5, 5.41) is 10.6. The number of rotatable bonds is 4. The molecule has 1 aliphatic carbocycles. The summed E-state index contributed by atoms with van der Waals surface area (Å²) in [6.45, 7) is 7.17. The third-order valence-corrected chi connectivity index (χ3v) is 4.19. The van der Waals surface area contributed by atoms with Crippen molar-refractivity contribution in [3.05, 3.63) is 24.2 Å². The molecule has 0 bridgehead atoms. The summed E-state index contributed by atoms with van der Waals surface area (Å²) in [7, 11) is 0. The molecule has 0 saturated heterocycles. The fraction of sp³-hybridized carbons (Fsp3) is 0.733. The standard InChI is InChI=1S/C15H24O3/c1-4-18-15(9-7-14(2,3)8-10-15)13(16)12-6-5-11-17-12/h5-6,11,13,16H,4,7-10H2,1-3H3. The van der Waals surface area contributed by atoms with Gasteiger partial charge in [-0.25, -0.2) is 0 Å². The van der Waals surface area contributed by atoms with Gasteiger partial charge in [-0.05, 0) is 50.2 Å². The Labute approximate surface area is 109 Å². The average Bonchev–Trinajstić information content (AvgIpc) is 2.85. The van der Waals surface area contributed by atoms with E-state index in [1.165, 1.54) is 0 Å². The first-order valence-electron chi connectivity index (χ1n) is 6.84. The van der Waals surface area contributed by atoms with E-state index >= 15 is 0 Å². The topological polar surface area (TPSA) is 42.6 Å². The van der Waals surface area contributed by atoms with E-state index in [1.54, 1.807) is 6.26 Å². The number of aliphatic hydroxyl groups is 1. The summed E-state index contributed by atoms with van der Waals surface area (Å²) in [6.07, 6.45) is 4.86. The van der Waals surface area contributed by atoms with Crippen LogP contribution in [0.4, 0.5) is 0 Å². The lowest BCUT2D eigenvalue weighted by Gasteiger charge is -2.45. The lowest BCUT2D eigenvalue weighted by atomic mass is 9.68. The van der Waals surface area contributed by atoms with Gasteiger partial charge in [0.15, 0.2) is 0 Å². The molecule has 102 valence electrons. The lowest BCUT2D eigenvalue weighted by Crippen LogP contribution is -2.44. The van der Waals surface area contributed by atoms with Crippen LogP contribution in [0.2, 0.25) is 0 Å². The summed E-state index contributed by atoms with van der Waals surface area (Å²) >= 11 is 0. The number of aliphatic hydroxyl groups excluding tert-OH is 1. The van der Waals surface area contributed by atoms with E-state index in [0.29, 0.717) is 17.8 Å². The monoisotopic (exact) mass is 252 g/mol. The molecule has 0 aromatic carbocycles.